The quantitative estimate of drug-likeness (QED) is 0.693. The highest BCUT2D eigenvalue weighted by Crippen LogP contribution is 2.33. The fraction of sp³-hybridized carbons (Fsp3) is 0.318. The number of nitrogens with one attached hydrogen (secondary N) is 1. The van der Waals surface area contributed by atoms with Crippen molar-refractivity contribution in [3.05, 3.63) is 76.6 Å². The molecule has 0 aliphatic carbocycles. The predicted molar refractivity (Wildman–Crippen MR) is 112 cm³/mol. The Morgan fingerprint density at radius 1 is 1.10 bits per heavy atom. The molecule has 1 amide bonds. The number of nitrogens with zero attached hydrogens (tertiary/aromatic N) is 4. The van der Waals surface area contributed by atoms with E-state index in [-0.39, 0.29) is 11.7 Å². The van der Waals surface area contributed by atoms with Gasteiger partial charge in [-0.1, -0.05) is 29.8 Å². The molecule has 2 atom stereocenters. The highest BCUT2D eigenvalue weighted by Gasteiger charge is 2.39. The molecule has 1 N–H and O–H groups in total. The minimum Gasteiger partial charge on any atom is -0.319 e. The minimum absolute atomic E-state index is 0.281. The molecular formula is C22H21ClFN5O. The van der Waals surface area contributed by atoms with Crippen molar-refractivity contribution in [2.24, 2.45) is 11.8 Å². The largest absolute Gasteiger partial charge is 0.319 e. The fourth-order valence-corrected chi connectivity index (χ4v) is 4.65. The summed E-state index contributed by atoms with van der Waals surface area (Å²) in [5.74, 6) is 1.31. The number of likely N-dealkylation sites (tertiary alicyclic amines) is 1. The first-order valence-electron chi connectivity index (χ1n) is 10.0. The second-order valence-electron chi connectivity index (χ2n) is 8.06. The van der Waals surface area contributed by atoms with Crippen LogP contribution in [0.1, 0.15) is 22.0 Å². The number of benzene rings is 2. The Labute approximate surface area is 178 Å². The van der Waals surface area contributed by atoms with Crippen molar-refractivity contribution in [1.29, 1.82) is 0 Å². The third-order valence-electron chi connectivity index (χ3n) is 5.95. The monoisotopic (exact) mass is 425 g/mol. The number of hydrogen-bond acceptors (Lipinski definition) is 4. The molecule has 2 aliphatic heterocycles. The Balaban J connectivity index is 1.27. The molecule has 0 spiro atoms. The number of fused-ring (bicyclic) bond motifs is 2. The van der Waals surface area contributed by atoms with Gasteiger partial charge in [-0.2, -0.15) is 0 Å². The van der Waals surface area contributed by atoms with Crippen molar-refractivity contribution in [3.63, 3.8) is 0 Å². The van der Waals surface area contributed by atoms with Gasteiger partial charge in [-0.25, -0.2) is 4.39 Å². The van der Waals surface area contributed by atoms with E-state index in [0.717, 1.165) is 43.4 Å². The van der Waals surface area contributed by atoms with E-state index in [1.54, 1.807) is 12.1 Å². The lowest BCUT2D eigenvalue weighted by Gasteiger charge is -2.25. The van der Waals surface area contributed by atoms with E-state index in [2.05, 4.69) is 32.5 Å². The van der Waals surface area contributed by atoms with Gasteiger partial charge in [0, 0.05) is 43.3 Å². The van der Waals surface area contributed by atoms with Crippen LogP contribution in [0.3, 0.4) is 0 Å². The van der Waals surface area contributed by atoms with Crippen molar-refractivity contribution >= 4 is 23.2 Å². The maximum Gasteiger partial charge on any atom is 0.293 e. The van der Waals surface area contributed by atoms with Gasteiger partial charge in [-0.15, -0.1) is 10.2 Å². The Morgan fingerprint density at radius 2 is 1.90 bits per heavy atom. The molecule has 2 unspecified atom stereocenters. The van der Waals surface area contributed by atoms with Gasteiger partial charge in [0.2, 0.25) is 5.82 Å². The third-order valence-corrected chi connectivity index (χ3v) is 6.20. The molecule has 154 valence electrons. The van der Waals surface area contributed by atoms with Crippen LogP contribution >= 0.6 is 11.6 Å². The number of aromatic nitrogens is 3. The van der Waals surface area contributed by atoms with Crippen LogP contribution in [0.2, 0.25) is 5.02 Å². The van der Waals surface area contributed by atoms with Crippen LogP contribution in [-0.2, 0) is 19.5 Å². The first kappa shape index (κ1) is 19.2. The lowest BCUT2D eigenvalue weighted by atomic mass is 9.89. The Hall–Kier alpha value is -2.77. The fourth-order valence-electron chi connectivity index (χ4n) is 4.52. The zero-order chi connectivity index (χ0) is 20.7. The van der Waals surface area contributed by atoms with Crippen LogP contribution < -0.4 is 5.32 Å². The third kappa shape index (κ3) is 3.82. The molecule has 0 saturated carbocycles. The van der Waals surface area contributed by atoms with Crippen molar-refractivity contribution in [1.82, 2.24) is 19.7 Å². The summed E-state index contributed by atoms with van der Waals surface area (Å²) in [5, 5.41) is 11.8. The van der Waals surface area contributed by atoms with Gasteiger partial charge in [-0.3, -0.25) is 9.69 Å². The van der Waals surface area contributed by atoms with Gasteiger partial charge in [0.1, 0.15) is 11.6 Å². The molecule has 1 saturated heterocycles. The summed E-state index contributed by atoms with van der Waals surface area (Å²) in [5.41, 5.74) is 1.65. The van der Waals surface area contributed by atoms with Crippen molar-refractivity contribution in [2.45, 2.75) is 19.5 Å². The number of hydrogen-bond donors (Lipinski definition) is 1. The molecule has 2 aromatic carbocycles. The first-order valence-corrected chi connectivity index (χ1v) is 10.4. The van der Waals surface area contributed by atoms with Gasteiger partial charge in [-0.05, 0) is 47.7 Å². The van der Waals surface area contributed by atoms with E-state index in [1.807, 2.05) is 16.7 Å². The summed E-state index contributed by atoms with van der Waals surface area (Å²) in [6, 6.07) is 13.8. The van der Waals surface area contributed by atoms with E-state index in [1.165, 1.54) is 17.7 Å². The molecular weight excluding hydrogens is 405 g/mol. The van der Waals surface area contributed by atoms with Crippen LogP contribution in [0.5, 0.6) is 0 Å². The van der Waals surface area contributed by atoms with Gasteiger partial charge in [0.05, 0.1) is 0 Å². The lowest BCUT2D eigenvalue weighted by molar-refractivity contribution is 0.100. The normalized spacial score (nSPS) is 20.6. The van der Waals surface area contributed by atoms with E-state index >= 15 is 0 Å². The summed E-state index contributed by atoms with van der Waals surface area (Å²) in [6.07, 6.45) is 0.808. The van der Waals surface area contributed by atoms with E-state index < -0.39 is 5.82 Å². The molecule has 0 bridgehead atoms. The number of amides is 1. The van der Waals surface area contributed by atoms with Crippen LogP contribution in [0.25, 0.3) is 0 Å². The Kier molecular flexibility index (Phi) is 5.00. The van der Waals surface area contributed by atoms with Crippen molar-refractivity contribution in [2.75, 3.05) is 18.4 Å². The molecule has 30 heavy (non-hydrogen) atoms. The number of halogens is 2. The van der Waals surface area contributed by atoms with Gasteiger partial charge < -0.3 is 9.88 Å². The topological polar surface area (TPSA) is 63.1 Å². The zero-order valence-corrected chi connectivity index (χ0v) is 17.0. The average molecular weight is 426 g/mol. The summed E-state index contributed by atoms with van der Waals surface area (Å²) in [7, 11) is 0. The zero-order valence-electron chi connectivity index (χ0n) is 16.3. The molecule has 1 fully saturated rings. The Bertz CT molecular complexity index is 1080. The SMILES string of the molecule is O=C(Nc1cccc(F)c1)c1nnc2n1CC1CN(Cc3ccc(Cl)cc3)CC1C2. The highest BCUT2D eigenvalue weighted by atomic mass is 35.5. The minimum atomic E-state index is -0.398. The van der Waals surface area contributed by atoms with Crippen LogP contribution in [0.15, 0.2) is 48.5 Å². The number of anilines is 1. The van der Waals surface area contributed by atoms with Crippen molar-refractivity contribution < 1.29 is 9.18 Å². The average Bonchev–Trinajstić information content (AvgIpc) is 3.30. The standard InChI is InChI=1S/C22H21ClFN5O/c23-17-6-4-14(5-7-17)10-28-11-15-8-20-26-27-21(29(20)13-16(15)12-28)22(30)25-19-3-1-2-18(24)9-19/h1-7,9,15-16H,8,10-13H2,(H,25,30). The molecule has 8 heteroatoms. The number of carbonyl (C=O) groups is 1. The van der Waals surface area contributed by atoms with Crippen LogP contribution in [-0.4, -0.2) is 38.7 Å². The van der Waals surface area contributed by atoms with E-state index in [0.29, 0.717) is 17.5 Å². The van der Waals surface area contributed by atoms with Crippen LogP contribution in [0.4, 0.5) is 10.1 Å². The molecule has 3 aromatic rings. The molecule has 5 rings (SSSR count). The summed E-state index contributed by atoms with van der Waals surface area (Å²) < 4.78 is 15.3. The van der Waals surface area contributed by atoms with E-state index in [4.69, 9.17) is 11.6 Å². The first-order chi connectivity index (χ1) is 14.5. The van der Waals surface area contributed by atoms with Crippen molar-refractivity contribution in [3.8, 4) is 0 Å². The molecule has 2 aliphatic rings. The Morgan fingerprint density at radius 3 is 2.70 bits per heavy atom. The van der Waals surface area contributed by atoms with E-state index in [9.17, 15) is 9.18 Å². The second-order valence-corrected chi connectivity index (χ2v) is 8.50. The number of carbonyl (C=O) groups excluding carboxylic acids is 1. The van der Waals surface area contributed by atoms with Gasteiger partial charge >= 0.3 is 0 Å². The highest BCUT2D eigenvalue weighted by molar-refractivity contribution is 6.30. The van der Waals surface area contributed by atoms with Crippen LogP contribution in [0, 0.1) is 17.7 Å². The summed E-state index contributed by atoms with van der Waals surface area (Å²) >= 11 is 5.99. The lowest BCUT2D eigenvalue weighted by Crippen LogP contribution is -2.31. The van der Waals surface area contributed by atoms with Gasteiger partial charge in [0.15, 0.2) is 0 Å². The number of rotatable bonds is 4. The second kappa shape index (κ2) is 7.81. The molecule has 0 radical (unpaired) electrons. The maximum atomic E-state index is 13.4. The molecule has 6 nitrogen and oxygen atoms in total. The molecule has 1 aromatic heterocycles. The van der Waals surface area contributed by atoms with Gasteiger partial charge in [0.25, 0.3) is 5.91 Å². The smallest absolute Gasteiger partial charge is 0.293 e. The predicted octanol–water partition coefficient (Wildman–Crippen LogP) is 3.63. The summed E-state index contributed by atoms with van der Waals surface area (Å²) in [4.78, 5) is 15.2. The summed E-state index contributed by atoms with van der Waals surface area (Å²) in [6.45, 7) is 3.58. The molecule has 3 heterocycles. The maximum absolute atomic E-state index is 13.4.